The monoisotopic (exact) mass is 278 g/mol. The van der Waals surface area contributed by atoms with Crippen LogP contribution in [0.2, 0.25) is 0 Å². The number of aromatic hydroxyl groups is 1. The number of nitrogens with one attached hydrogen (secondary N) is 1. The summed E-state index contributed by atoms with van der Waals surface area (Å²) in [5, 5.41) is 25.4. The van der Waals surface area contributed by atoms with E-state index < -0.39 is 11.6 Å². The van der Waals surface area contributed by atoms with Gasteiger partial charge in [-0.25, -0.2) is 0 Å². The smallest absolute Gasteiger partial charge is 0.264 e. The van der Waals surface area contributed by atoms with Crippen LogP contribution in [-0.4, -0.2) is 40.1 Å². The number of phenolic OH excluding ortho intramolecular Hbond substituents is 1. The van der Waals surface area contributed by atoms with Crippen LogP contribution >= 0.6 is 0 Å². The highest BCUT2D eigenvalue weighted by atomic mass is 16.6. The number of carbonyl (C=O) groups excluding carboxylic acids is 1. The Kier molecular flexibility index (Phi) is 3.94. The minimum atomic E-state index is -0.740. The minimum absolute atomic E-state index is 0.103. The number of nitrogens with zero attached hydrogens (tertiary/aromatic N) is 1. The second-order valence-electron chi connectivity index (χ2n) is 5.38. The lowest BCUT2D eigenvalue weighted by atomic mass is 10.0. The van der Waals surface area contributed by atoms with E-state index in [2.05, 4.69) is 10.5 Å². The summed E-state index contributed by atoms with van der Waals surface area (Å²) < 4.78 is 0. The van der Waals surface area contributed by atoms with Crippen molar-refractivity contribution in [3.05, 3.63) is 29.8 Å². The molecule has 0 unspecified atom stereocenters. The van der Waals surface area contributed by atoms with Gasteiger partial charge in [0.1, 0.15) is 5.75 Å². The zero-order valence-electron chi connectivity index (χ0n) is 11.5. The van der Waals surface area contributed by atoms with Gasteiger partial charge in [0.15, 0.2) is 0 Å². The Bertz CT molecular complexity index is 540. The van der Waals surface area contributed by atoms with Gasteiger partial charge in [0.05, 0.1) is 17.9 Å². The molecule has 0 spiro atoms. The number of hydrogen-bond acceptors (Lipinski definition) is 5. The highest BCUT2D eigenvalue weighted by Gasteiger charge is 2.32. The number of phenols is 1. The summed E-state index contributed by atoms with van der Waals surface area (Å²) in [5.74, 6) is -0.232. The van der Waals surface area contributed by atoms with E-state index in [9.17, 15) is 9.90 Å². The van der Waals surface area contributed by atoms with Crippen LogP contribution < -0.4 is 5.32 Å². The zero-order valence-corrected chi connectivity index (χ0v) is 11.5. The molecule has 0 saturated heterocycles. The average molecular weight is 278 g/mol. The molecule has 3 N–H and O–H groups in total. The van der Waals surface area contributed by atoms with Crippen molar-refractivity contribution in [1.82, 2.24) is 5.32 Å². The summed E-state index contributed by atoms with van der Waals surface area (Å²) in [7, 11) is 0. The Morgan fingerprint density at radius 3 is 2.85 bits per heavy atom. The molecule has 108 valence electrons. The molecule has 0 radical (unpaired) electrons. The lowest BCUT2D eigenvalue weighted by molar-refractivity contribution is -0.133. The first-order chi connectivity index (χ1) is 9.43. The van der Waals surface area contributed by atoms with E-state index in [-0.39, 0.29) is 24.7 Å². The van der Waals surface area contributed by atoms with Crippen molar-refractivity contribution in [2.45, 2.75) is 31.9 Å². The van der Waals surface area contributed by atoms with E-state index in [1.165, 1.54) is 0 Å². The quantitative estimate of drug-likeness (QED) is 0.758. The maximum absolute atomic E-state index is 12.0. The van der Waals surface area contributed by atoms with Gasteiger partial charge in [-0.05, 0) is 26.0 Å². The largest absolute Gasteiger partial charge is 0.507 e. The summed E-state index contributed by atoms with van der Waals surface area (Å²) in [6.45, 7) is 3.26. The maximum Gasteiger partial charge on any atom is 0.264 e. The van der Waals surface area contributed by atoms with Crippen molar-refractivity contribution in [2.75, 3.05) is 6.61 Å². The van der Waals surface area contributed by atoms with Gasteiger partial charge in [0.2, 0.25) is 6.10 Å². The van der Waals surface area contributed by atoms with Crippen molar-refractivity contribution in [3.8, 4) is 5.75 Å². The fourth-order valence-electron chi connectivity index (χ4n) is 1.85. The first-order valence-corrected chi connectivity index (χ1v) is 6.37. The number of amides is 1. The molecule has 0 aliphatic carbocycles. The number of hydrogen-bond donors (Lipinski definition) is 3. The summed E-state index contributed by atoms with van der Waals surface area (Å²) in [6, 6.07) is 6.76. The molecule has 1 aromatic carbocycles. The van der Waals surface area contributed by atoms with Crippen LogP contribution in [0.25, 0.3) is 0 Å². The predicted octanol–water partition coefficient (Wildman–Crippen LogP) is 0.772. The molecule has 0 aromatic heterocycles. The summed E-state index contributed by atoms with van der Waals surface area (Å²) >= 11 is 0. The van der Waals surface area contributed by atoms with Crippen LogP contribution in [0.4, 0.5) is 0 Å². The molecular formula is C14H18N2O4. The second-order valence-corrected chi connectivity index (χ2v) is 5.38. The van der Waals surface area contributed by atoms with Gasteiger partial charge in [-0.3, -0.25) is 4.79 Å². The van der Waals surface area contributed by atoms with Crippen molar-refractivity contribution in [1.29, 1.82) is 0 Å². The Balaban J connectivity index is 2.02. The third kappa shape index (κ3) is 3.08. The third-order valence-corrected chi connectivity index (χ3v) is 3.03. The predicted molar refractivity (Wildman–Crippen MR) is 73.4 cm³/mol. The Labute approximate surface area is 117 Å². The third-order valence-electron chi connectivity index (χ3n) is 3.03. The molecule has 6 nitrogen and oxygen atoms in total. The van der Waals surface area contributed by atoms with E-state index in [1.807, 2.05) is 0 Å². The van der Waals surface area contributed by atoms with Gasteiger partial charge in [-0.15, -0.1) is 0 Å². The number of aliphatic hydroxyl groups is 1. The molecule has 1 atom stereocenters. The normalized spacial score (nSPS) is 18.4. The lowest BCUT2D eigenvalue weighted by Gasteiger charge is -2.24. The topological polar surface area (TPSA) is 91.2 Å². The van der Waals surface area contributed by atoms with Crippen LogP contribution in [0.15, 0.2) is 29.4 Å². The molecular weight excluding hydrogens is 260 g/mol. The van der Waals surface area contributed by atoms with Crippen LogP contribution in [0.1, 0.15) is 25.8 Å². The number of aliphatic hydroxyl groups excluding tert-OH is 1. The second kappa shape index (κ2) is 5.50. The van der Waals surface area contributed by atoms with Gasteiger partial charge < -0.3 is 20.4 Å². The van der Waals surface area contributed by atoms with Crippen molar-refractivity contribution < 1.29 is 19.8 Å². The van der Waals surface area contributed by atoms with Crippen LogP contribution in [-0.2, 0) is 9.63 Å². The molecule has 6 heteroatoms. The van der Waals surface area contributed by atoms with Gasteiger partial charge in [0, 0.05) is 12.0 Å². The molecule has 2 rings (SSSR count). The molecule has 1 amide bonds. The van der Waals surface area contributed by atoms with Gasteiger partial charge in [-0.2, -0.15) is 0 Å². The molecule has 1 aromatic rings. The standard InChI is InChI=1S/C14H18N2O4/c1-14(2,8-17)15-13(19)12-7-10(16-20-12)9-5-3-4-6-11(9)18/h3-6,12,17-18H,7-8H2,1-2H3,(H,15,19)/t12-/m0/s1. The number of benzene rings is 1. The summed E-state index contributed by atoms with van der Waals surface area (Å²) in [5.41, 5.74) is 0.382. The molecule has 1 aliphatic heterocycles. The van der Waals surface area contributed by atoms with E-state index in [0.29, 0.717) is 11.3 Å². The SMILES string of the molecule is CC(C)(CO)NC(=O)[C@@H]1CC(c2ccccc2O)=NO1. The molecule has 0 fully saturated rings. The average Bonchev–Trinajstić information content (AvgIpc) is 2.88. The van der Waals surface area contributed by atoms with Crippen molar-refractivity contribution in [3.63, 3.8) is 0 Å². The highest BCUT2D eigenvalue weighted by Crippen LogP contribution is 2.23. The lowest BCUT2D eigenvalue weighted by Crippen LogP contribution is -2.50. The first kappa shape index (κ1) is 14.3. The number of rotatable bonds is 4. The minimum Gasteiger partial charge on any atom is -0.507 e. The van der Waals surface area contributed by atoms with Gasteiger partial charge in [-0.1, -0.05) is 17.3 Å². The van der Waals surface area contributed by atoms with E-state index in [1.54, 1.807) is 38.1 Å². The molecule has 0 saturated carbocycles. The Morgan fingerprint density at radius 1 is 1.50 bits per heavy atom. The number of carbonyl (C=O) groups is 1. The fraction of sp³-hybridized carbons (Fsp3) is 0.429. The van der Waals surface area contributed by atoms with Gasteiger partial charge >= 0.3 is 0 Å². The Hall–Kier alpha value is -2.08. The summed E-state index contributed by atoms with van der Waals surface area (Å²) in [4.78, 5) is 17.1. The molecule has 0 bridgehead atoms. The number of para-hydroxylation sites is 1. The maximum atomic E-state index is 12.0. The van der Waals surface area contributed by atoms with Gasteiger partial charge in [0.25, 0.3) is 5.91 Å². The molecule has 20 heavy (non-hydrogen) atoms. The summed E-state index contributed by atoms with van der Waals surface area (Å²) in [6.07, 6.45) is -0.458. The molecule has 1 heterocycles. The van der Waals surface area contributed by atoms with Crippen LogP contribution in [0.5, 0.6) is 5.75 Å². The van der Waals surface area contributed by atoms with Crippen LogP contribution in [0, 0.1) is 0 Å². The molecule has 1 aliphatic rings. The van der Waals surface area contributed by atoms with Crippen LogP contribution in [0.3, 0.4) is 0 Å². The van der Waals surface area contributed by atoms with E-state index >= 15 is 0 Å². The highest BCUT2D eigenvalue weighted by molar-refractivity contribution is 6.05. The Morgan fingerprint density at radius 2 is 2.20 bits per heavy atom. The van der Waals surface area contributed by atoms with Crippen molar-refractivity contribution >= 4 is 11.6 Å². The number of oxime groups is 1. The zero-order chi connectivity index (χ0) is 14.8. The van der Waals surface area contributed by atoms with Crippen molar-refractivity contribution in [2.24, 2.45) is 5.16 Å². The fourth-order valence-corrected chi connectivity index (χ4v) is 1.85. The van der Waals surface area contributed by atoms with E-state index in [0.717, 1.165) is 0 Å². The first-order valence-electron chi connectivity index (χ1n) is 6.37. The van der Waals surface area contributed by atoms with E-state index in [4.69, 9.17) is 9.94 Å².